The predicted molar refractivity (Wildman–Crippen MR) is 102 cm³/mol. The maximum absolute atomic E-state index is 12.7. The van der Waals surface area contributed by atoms with Gasteiger partial charge in [0, 0.05) is 12.1 Å². The third kappa shape index (κ3) is 6.51. The fourth-order valence-electron chi connectivity index (χ4n) is 3.25. The van der Waals surface area contributed by atoms with Gasteiger partial charge in [-0.2, -0.15) is 0 Å². The van der Waals surface area contributed by atoms with Crippen molar-refractivity contribution < 1.29 is 9.59 Å². The second-order valence-electron chi connectivity index (χ2n) is 6.85. The van der Waals surface area contributed by atoms with Crippen LogP contribution in [-0.2, 0) is 9.59 Å². The molecule has 1 radical (unpaired) electrons. The van der Waals surface area contributed by atoms with E-state index in [1.165, 1.54) is 0 Å². The molecular formula is C19H26BN4O2. The molecule has 1 heterocycles. The molecular weight excluding hydrogens is 327 g/mol. The van der Waals surface area contributed by atoms with E-state index in [0.717, 1.165) is 38.5 Å². The molecule has 0 aromatic rings. The quantitative estimate of drug-likeness (QED) is 0.483. The molecule has 7 heteroatoms. The Morgan fingerprint density at radius 1 is 1.42 bits per heavy atom. The van der Waals surface area contributed by atoms with E-state index in [1.54, 1.807) is 30.8 Å². The number of carbonyl (C=O) groups is 2. The number of hydrogen-bond acceptors (Lipinski definition) is 5. The van der Waals surface area contributed by atoms with Gasteiger partial charge in [0.25, 0.3) is 7.28 Å². The van der Waals surface area contributed by atoms with Crippen molar-refractivity contribution in [3.8, 4) is 5.97 Å². The van der Waals surface area contributed by atoms with Crippen LogP contribution in [0.5, 0.6) is 0 Å². The highest BCUT2D eigenvalue weighted by molar-refractivity contribution is 6.44. The number of nitrogens with zero attached hydrogens (tertiary/aromatic N) is 3. The maximum atomic E-state index is 12.7. The van der Waals surface area contributed by atoms with Crippen LogP contribution in [0.25, 0.3) is 0 Å². The van der Waals surface area contributed by atoms with E-state index >= 15 is 0 Å². The van der Waals surface area contributed by atoms with Gasteiger partial charge in [-0.1, -0.05) is 38.6 Å². The van der Waals surface area contributed by atoms with Crippen molar-refractivity contribution in [1.82, 2.24) is 10.2 Å². The minimum absolute atomic E-state index is 0.000619. The largest absolute Gasteiger partial charge is 0.346 e. The number of rotatable bonds is 10. The molecule has 0 unspecified atom stereocenters. The van der Waals surface area contributed by atoms with Crippen LogP contribution in [0.1, 0.15) is 44.9 Å². The lowest BCUT2D eigenvalue weighted by Gasteiger charge is -2.23. The highest BCUT2D eigenvalue weighted by atomic mass is 16.2. The standard InChI is InChI=1S/C19H26BN4O2/c1-15-9-11-24(14-22-15)12-18(25)17(8-4-5-10-20-13-21)23-19(26)16-6-2-3-7-16/h9,11,14,16-17H,1-8,10,12H2,(H,23,26)/t17-/m0/s1. The highest BCUT2D eigenvalue weighted by Crippen LogP contribution is 2.25. The Hall–Kier alpha value is -2.36. The van der Waals surface area contributed by atoms with Gasteiger partial charge < -0.3 is 10.2 Å². The lowest BCUT2D eigenvalue weighted by Crippen LogP contribution is -2.46. The summed E-state index contributed by atoms with van der Waals surface area (Å²) in [5.41, 5.74) is 0.647. The first-order valence-electron chi connectivity index (χ1n) is 9.31. The van der Waals surface area contributed by atoms with Gasteiger partial charge in [-0.25, -0.2) is 10.3 Å². The van der Waals surface area contributed by atoms with E-state index in [9.17, 15) is 9.59 Å². The zero-order chi connectivity index (χ0) is 18.8. The Kier molecular flexibility index (Phi) is 8.13. The summed E-state index contributed by atoms with van der Waals surface area (Å²) < 4.78 is 0. The Morgan fingerprint density at radius 3 is 2.85 bits per heavy atom. The third-order valence-corrected chi connectivity index (χ3v) is 4.78. The average molecular weight is 353 g/mol. The number of nitrogens with one attached hydrogen (secondary N) is 1. The first-order valence-corrected chi connectivity index (χ1v) is 9.31. The zero-order valence-corrected chi connectivity index (χ0v) is 15.2. The summed E-state index contributed by atoms with van der Waals surface area (Å²) in [5, 5.41) is 11.5. The van der Waals surface area contributed by atoms with Gasteiger partial charge in [-0.3, -0.25) is 9.59 Å². The molecule has 2 rings (SSSR count). The van der Waals surface area contributed by atoms with E-state index in [0.29, 0.717) is 18.4 Å². The molecule has 0 saturated heterocycles. The lowest BCUT2D eigenvalue weighted by atomic mass is 9.75. The molecule has 137 valence electrons. The fraction of sp³-hybridized carbons (Fsp3) is 0.579. The van der Waals surface area contributed by atoms with Gasteiger partial charge in [0.05, 0.1) is 24.6 Å². The van der Waals surface area contributed by atoms with E-state index in [2.05, 4.69) is 16.9 Å². The van der Waals surface area contributed by atoms with Crippen LogP contribution in [0.15, 0.2) is 29.5 Å². The maximum Gasteiger partial charge on any atom is 0.254 e. The van der Waals surface area contributed by atoms with Gasteiger partial charge in [0.1, 0.15) is 0 Å². The van der Waals surface area contributed by atoms with Crippen molar-refractivity contribution in [2.24, 2.45) is 10.9 Å². The summed E-state index contributed by atoms with van der Waals surface area (Å²) in [4.78, 5) is 31.0. The number of carbonyl (C=O) groups excluding carboxylic acids is 2. The van der Waals surface area contributed by atoms with Crippen LogP contribution in [-0.4, -0.2) is 42.8 Å². The number of hydrogen-bond donors (Lipinski definition) is 1. The predicted octanol–water partition coefficient (Wildman–Crippen LogP) is 2.38. The Bertz CT molecular complexity index is 602. The summed E-state index contributed by atoms with van der Waals surface area (Å²) in [6.45, 7) is 3.91. The topological polar surface area (TPSA) is 85.6 Å². The summed E-state index contributed by atoms with van der Waals surface area (Å²) >= 11 is 0. The summed E-state index contributed by atoms with van der Waals surface area (Å²) in [5.74, 6) is 2.02. The smallest absolute Gasteiger partial charge is 0.254 e. The molecule has 1 amide bonds. The summed E-state index contributed by atoms with van der Waals surface area (Å²) in [6.07, 6.45) is 12.0. The number of amides is 1. The highest BCUT2D eigenvalue weighted by Gasteiger charge is 2.27. The molecule has 2 aliphatic rings. The molecule has 1 aliphatic heterocycles. The second kappa shape index (κ2) is 10.6. The van der Waals surface area contributed by atoms with Crippen LogP contribution in [0.3, 0.4) is 0 Å². The van der Waals surface area contributed by atoms with Crippen molar-refractivity contribution in [3.05, 3.63) is 24.6 Å². The average Bonchev–Trinajstić information content (AvgIpc) is 3.17. The number of ketones is 1. The molecule has 0 aromatic heterocycles. The minimum Gasteiger partial charge on any atom is -0.346 e. The van der Waals surface area contributed by atoms with Crippen LogP contribution in [0.2, 0.25) is 6.32 Å². The van der Waals surface area contributed by atoms with Gasteiger partial charge in [0.2, 0.25) is 5.91 Å². The van der Waals surface area contributed by atoms with Gasteiger partial charge in [0.15, 0.2) is 5.78 Å². The van der Waals surface area contributed by atoms with Gasteiger partial charge >= 0.3 is 0 Å². The van der Waals surface area contributed by atoms with Crippen LogP contribution in [0.4, 0.5) is 0 Å². The normalized spacial score (nSPS) is 17.8. The van der Waals surface area contributed by atoms with Crippen LogP contribution in [0, 0.1) is 17.1 Å². The molecule has 1 atom stereocenters. The second-order valence-corrected chi connectivity index (χ2v) is 6.85. The lowest BCUT2D eigenvalue weighted by molar-refractivity contribution is -0.130. The van der Waals surface area contributed by atoms with Crippen LogP contribution < -0.4 is 5.32 Å². The van der Waals surface area contributed by atoms with Crippen LogP contribution >= 0.6 is 0 Å². The van der Waals surface area contributed by atoms with Crippen molar-refractivity contribution in [3.63, 3.8) is 0 Å². The number of aliphatic imine (C=N–C) groups is 1. The Morgan fingerprint density at radius 2 is 2.19 bits per heavy atom. The molecule has 0 bridgehead atoms. The van der Waals surface area contributed by atoms with E-state index in [4.69, 9.17) is 5.26 Å². The first kappa shape index (κ1) is 20.0. The summed E-state index contributed by atoms with van der Waals surface area (Å²) in [7, 11) is 1.57. The van der Waals surface area contributed by atoms with E-state index < -0.39 is 6.04 Å². The molecule has 0 aromatic carbocycles. The Balaban J connectivity index is 1.89. The molecule has 26 heavy (non-hydrogen) atoms. The van der Waals surface area contributed by atoms with Crippen molar-refractivity contribution in [2.45, 2.75) is 57.3 Å². The molecule has 1 fully saturated rings. The fourth-order valence-corrected chi connectivity index (χ4v) is 3.25. The molecule has 1 N–H and O–H groups in total. The number of unbranched alkanes of at least 4 members (excludes halogenated alkanes) is 1. The SMILES string of the molecule is C=C1C=CN(CC(=O)[C@H](CCCC[B]C#N)NC(=O)C2CCCC2)C=N1. The zero-order valence-electron chi connectivity index (χ0n) is 15.2. The monoisotopic (exact) mass is 353 g/mol. The van der Waals surface area contributed by atoms with E-state index in [1.807, 2.05) is 5.97 Å². The van der Waals surface area contributed by atoms with Crippen molar-refractivity contribution >= 4 is 25.3 Å². The van der Waals surface area contributed by atoms with Gasteiger partial charge in [-0.05, 0) is 31.3 Å². The van der Waals surface area contributed by atoms with Crippen molar-refractivity contribution in [2.75, 3.05) is 6.54 Å². The number of nitriles is 1. The Labute approximate surface area is 156 Å². The number of Topliss-reactive ketones (excluding diaryl/α,β-unsaturated/α-hetero) is 1. The van der Waals surface area contributed by atoms with E-state index in [-0.39, 0.29) is 24.2 Å². The minimum atomic E-state index is -0.489. The molecule has 0 spiro atoms. The van der Waals surface area contributed by atoms with Crippen molar-refractivity contribution in [1.29, 1.82) is 5.26 Å². The number of allylic oxidation sites excluding steroid dienone is 1. The summed E-state index contributed by atoms with van der Waals surface area (Å²) in [6, 6.07) is -0.489. The first-order chi connectivity index (χ1) is 12.6. The molecule has 6 nitrogen and oxygen atoms in total. The molecule has 1 saturated carbocycles. The molecule has 1 aliphatic carbocycles. The third-order valence-electron chi connectivity index (χ3n) is 4.78. The van der Waals surface area contributed by atoms with Gasteiger partial charge in [-0.15, -0.1) is 0 Å².